The monoisotopic (exact) mass is 450 g/mol. The third kappa shape index (κ3) is 4.62. The smallest absolute Gasteiger partial charge is 0.251 e. The van der Waals surface area contributed by atoms with E-state index in [-0.39, 0.29) is 30.7 Å². The van der Waals surface area contributed by atoms with E-state index in [1.165, 1.54) is 4.90 Å². The van der Waals surface area contributed by atoms with Gasteiger partial charge in [-0.2, -0.15) is 0 Å². The minimum absolute atomic E-state index is 0.123. The van der Waals surface area contributed by atoms with Gasteiger partial charge < -0.3 is 20.9 Å². The topological polar surface area (TPSA) is 117 Å². The number of aliphatic hydroxyl groups excluding tert-OH is 1. The second kappa shape index (κ2) is 9.33. The summed E-state index contributed by atoms with van der Waals surface area (Å²) in [5.74, 6) is -0.248. The summed E-state index contributed by atoms with van der Waals surface area (Å²) in [4.78, 5) is 31.8. The van der Waals surface area contributed by atoms with Crippen LogP contribution in [0.15, 0.2) is 53.5 Å². The second-order valence-corrected chi connectivity index (χ2v) is 8.76. The maximum atomic E-state index is 13.0. The Morgan fingerprint density at radius 3 is 2.82 bits per heavy atom. The van der Waals surface area contributed by atoms with Crippen LogP contribution >= 0.6 is 0 Å². The predicted octanol–water partition coefficient (Wildman–Crippen LogP) is 1.92. The molecular formula is C25H30N4O4. The van der Waals surface area contributed by atoms with Gasteiger partial charge in [-0.15, -0.1) is 0 Å². The van der Waals surface area contributed by atoms with Crippen molar-refractivity contribution in [1.29, 1.82) is 0 Å². The first-order valence-corrected chi connectivity index (χ1v) is 11.2. The van der Waals surface area contributed by atoms with Crippen LogP contribution in [0.4, 0.5) is 0 Å². The zero-order valence-electron chi connectivity index (χ0n) is 19.0. The van der Waals surface area contributed by atoms with Gasteiger partial charge in [0.2, 0.25) is 5.91 Å². The minimum atomic E-state index is -0.664. The van der Waals surface area contributed by atoms with Gasteiger partial charge in [0, 0.05) is 19.1 Å². The average molecular weight is 451 g/mol. The zero-order chi connectivity index (χ0) is 23.6. The lowest BCUT2D eigenvalue weighted by Gasteiger charge is -2.36. The van der Waals surface area contributed by atoms with E-state index in [1.54, 1.807) is 25.3 Å². The highest BCUT2D eigenvalue weighted by atomic mass is 16.5. The number of ether oxygens (including phenoxy) is 1. The Balaban J connectivity index is 1.49. The molecule has 4 rings (SSSR count). The number of fused-ring (bicyclic) bond motifs is 1. The maximum Gasteiger partial charge on any atom is 0.251 e. The summed E-state index contributed by atoms with van der Waals surface area (Å²) in [6.45, 7) is 2.51. The number of carbonyl (C=O) groups excluding carboxylic acids is 2. The number of aliphatic imine (C=N–C) groups is 1. The Labute approximate surface area is 193 Å². The Bertz CT molecular complexity index is 1090. The normalized spacial score (nSPS) is 24.4. The molecule has 2 aromatic carbocycles. The quantitative estimate of drug-likeness (QED) is 0.596. The fourth-order valence-corrected chi connectivity index (χ4v) is 4.64. The lowest BCUT2D eigenvalue weighted by molar-refractivity contribution is -0.130. The summed E-state index contributed by atoms with van der Waals surface area (Å²) < 4.78 is 5.26. The van der Waals surface area contributed by atoms with Crippen molar-refractivity contribution in [2.75, 3.05) is 13.7 Å². The molecule has 0 aromatic heterocycles. The molecule has 8 heteroatoms. The number of hydrogen-bond donors (Lipinski definition) is 3. The molecule has 8 nitrogen and oxygen atoms in total. The number of carbonyl (C=O) groups is 2. The van der Waals surface area contributed by atoms with Gasteiger partial charge in [-0.25, -0.2) is 4.99 Å². The largest absolute Gasteiger partial charge is 0.390 e. The van der Waals surface area contributed by atoms with Crippen LogP contribution in [0.3, 0.4) is 0 Å². The molecule has 2 aromatic rings. The molecule has 1 unspecified atom stereocenters. The van der Waals surface area contributed by atoms with Crippen molar-refractivity contribution in [3.63, 3.8) is 0 Å². The molecule has 0 saturated carbocycles. The van der Waals surface area contributed by atoms with Crippen molar-refractivity contribution < 1.29 is 19.4 Å². The van der Waals surface area contributed by atoms with E-state index in [4.69, 9.17) is 10.5 Å². The van der Waals surface area contributed by atoms with E-state index < -0.39 is 17.7 Å². The van der Waals surface area contributed by atoms with Gasteiger partial charge in [0.25, 0.3) is 5.91 Å². The number of aliphatic hydroxyl groups is 1. The van der Waals surface area contributed by atoms with Gasteiger partial charge in [0.1, 0.15) is 0 Å². The van der Waals surface area contributed by atoms with Crippen molar-refractivity contribution in [3.8, 4) is 0 Å². The van der Waals surface area contributed by atoms with Crippen molar-refractivity contribution >= 4 is 17.8 Å². The fourth-order valence-electron chi connectivity index (χ4n) is 4.64. The lowest BCUT2D eigenvalue weighted by atomic mass is 9.91. The summed E-state index contributed by atoms with van der Waals surface area (Å²) >= 11 is 0. The van der Waals surface area contributed by atoms with Crippen LogP contribution < -0.4 is 11.1 Å². The van der Waals surface area contributed by atoms with Gasteiger partial charge in [0.05, 0.1) is 37.3 Å². The van der Waals surface area contributed by atoms with Crippen LogP contribution in [0.1, 0.15) is 52.9 Å². The molecule has 0 saturated heterocycles. The third-order valence-corrected chi connectivity index (χ3v) is 6.50. The van der Waals surface area contributed by atoms with Gasteiger partial charge in [-0.3, -0.25) is 14.5 Å². The Kier molecular flexibility index (Phi) is 6.49. The Hall–Kier alpha value is -3.23. The molecule has 1 heterocycles. The number of guanidine groups is 1. The van der Waals surface area contributed by atoms with E-state index >= 15 is 0 Å². The molecule has 0 fully saturated rings. The van der Waals surface area contributed by atoms with E-state index in [9.17, 15) is 14.7 Å². The number of benzene rings is 2. The van der Waals surface area contributed by atoms with Gasteiger partial charge >= 0.3 is 0 Å². The van der Waals surface area contributed by atoms with Crippen LogP contribution in [0.5, 0.6) is 0 Å². The van der Waals surface area contributed by atoms with Crippen LogP contribution in [0.25, 0.3) is 0 Å². The molecule has 4 N–H and O–H groups in total. The average Bonchev–Trinajstić information content (AvgIpc) is 3.11. The summed E-state index contributed by atoms with van der Waals surface area (Å²) in [6.07, 6.45) is 0.714. The Morgan fingerprint density at radius 1 is 1.30 bits per heavy atom. The van der Waals surface area contributed by atoms with Crippen molar-refractivity contribution in [1.82, 2.24) is 10.2 Å². The molecule has 0 radical (unpaired) electrons. The van der Waals surface area contributed by atoms with Crippen molar-refractivity contribution in [2.24, 2.45) is 10.7 Å². The summed E-state index contributed by atoms with van der Waals surface area (Å²) in [5.41, 5.74) is 8.72. The lowest BCUT2D eigenvalue weighted by Crippen LogP contribution is -2.52. The van der Waals surface area contributed by atoms with E-state index in [0.29, 0.717) is 25.0 Å². The maximum absolute atomic E-state index is 13.0. The van der Waals surface area contributed by atoms with Crippen LogP contribution in [-0.4, -0.2) is 53.1 Å². The molecule has 2 amide bonds. The molecule has 2 aliphatic rings. The van der Waals surface area contributed by atoms with Crippen LogP contribution in [0.2, 0.25) is 0 Å². The highest BCUT2D eigenvalue weighted by molar-refractivity contribution is 5.99. The first-order valence-electron chi connectivity index (χ1n) is 11.2. The van der Waals surface area contributed by atoms with Gasteiger partial charge in [0.15, 0.2) is 5.96 Å². The van der Waals surface area contributed by atoms with Crippen molar-refractivity contribution in [2.45, 2.75) is 50.4 Å². The minimum Gasteiger partial charge on any atom is -0.390 e. The van der Waals surface area contributed by atoms with Gasteiger partial charge in [-0.05, 0) is 35.2 Å². The van der Waals surface area contributed by atoms with E-state index in [0.717, 1.165) is 16.7 Å². The number of nitrogens with two attached hydrogens (primary N) is 1. The summed E-state index contributed by atoms with van der Waals surface area (Å²) in [5, 5.41) is 13.4. The van der Waals surface area contributed by atoms with E-state index in [1.807, 2.05) is 37.3 Å². The summed E-state index contributed by atoms with van der Waals surface area (Å²) in [6, 6.07) is 14.3. The second-order valence-electron chi connectivity index (χ2n) is 8.76. The molecule has 0 bridgehead atoms. The molecule has 1 aliphatic carbocycles. The first-order chi connectivity index (χ1) is 15.9. The van der Waals surface area contributed by atoms with Crippen LogP contribution in [0, 0.1) is 0 Å². The number of hydrogen-bond acceptors (Lipinski definition) is 6. The molecule has 174 valence electrons. The SMILES string of the molecule is CCC1(COC)CC(=O)N(Cc2cccc(C(=O)N[C@@H]3c4ccccc4C[C@H]3O)c2)C(N)=N1. The molecule has 3 atom stereocenters. The van der Waals surface area contributed by atoms with Gasteiger partial charge in [-0.1, -0.05) is 43.3 Å². The van der Waals surface area contributed by atoms with Crippen LogP contribution in [-0.2, 0) is 22.5 Å². The number of rotatable bonds is 7. The zero-order valence-corrected chi connectivity index (χ0v) is 19.0. The number of amides is 2. The molecule has 33 heavy (non-hydrogen) atoms. The highest BCUT2D eigenvalue weighted by Crippen LogP contribution is 2.31. The van der Waals surface area contributed by atoms with Crippen molar-refractivity contribution in [3.05, 3.63) is 70.8 Å². The third-order valence-electron chi connectivity index (χ3n) is 6.50. The van der Waals surface area contributed by atoms with E-state index in [2.05, 4.69) is 10.3 Å². The number of nitrogens with zero attached hydrogens (tertiary/aromatic N) is 2. The summed E-state index contributed by atoms with van der Waals surface area (Å²) in [7, 11) is 1.58. The number of methoxy groups -OCH3 is 1. The molecule has 0 spiro atoms. The predicted molar refractivity (Wildman–Crippen MR) is 124 cm³/mol. The Morgan fingerprint density at radius 2 is 2.09 bits per heavy atom. The molecule has 1 aliphatic heterocycles. The first kappa shape index (κ1) is 22.9. The standard InChI is InChI=1S/C25H30N4O4/c1-3-25(15-33-2)13-21(31)29(24(26)28-25)14-16-7-6-9-18(11-16)23(32)27-22-19-10-5-4-8-17(19)12-20(22)30/h4-11,20,22,30H,3,12-15H2,1-2H3,(H2,26,28)(H,27,32)/t20-,22-,25?/m1/s1. The molecular weight excluding hydrogens is 420 g/mol. The number of nitrogens with one attached hydrogen (secondary N) is 1. The fraction of sp³-hybridized carbons (Fsp3) is 0.400. The highest BCUT2D eigenvalue weighted by Gasteiger charge is 2.38.